The van der Waals surface area contributed by atoms with Crippen LogP contribution in [0.2, 0.25) is 0 Å². The normalized spacial score (nSPS) is 31.3. The average Bonchev–Trinajstić information content (AvgIpc) is 2.46. The van der Waals surface area contributed by atoms with E-state index in [1.807, 2.05) is 6.92 Å². The number of nitrogens with zero attached hydrogens (tertiary/aromatic N) is 2. The number of ether oxygens (including phenoxy) is 1. The Morgan fingerprint density at radius 1 is 1.48 bits per heavy atom. The first-order valence-electron chi connectivity index (χ1n) is 7.45. The summed E-state index contributed by atoms with van der Waals surface area (Å²) in [6.45, 7) is 7.25. The molecule has 0 aliphatic carbocycles. The molecule has 2 aliphatic rings. The van der Waals surface area contributed by atoms with Gasteiger partial charge in [-0.15, -0.1) is 0 Å². The quantitative estimate of drug-likeness (QED) is 0.766. The van der Waals surface area contributed by atoms with E-state index in [1.54, 1.807) is 0 Å². The van der Waals surface area contributed by atoms with Crippen molar-refractivity contribution in [2.24, 2.45) is 0 Å². The van der Waals surface area contributed by atoms with Gasteiger partial charge in [-0.25, -0.2) is 0 Å². The fraction of sp³-hybridized carbons (Fsp3) is 0.733. The summed E-state index contributed by atoms with van der Waals surface area (Å²) >= 11 is 0. The molecule has 2 rings (SSSR count). The predicted octanol–water partition coefficient (Wildman–Crippen LogP) is 0.509. The second kappa shape index (κ2) is 6.25. The molecular formula is C15H24N2O4. The van der Waals surface area contributed by atoms with Gasteiger partial charge in [-0.1, -0.05) is 6.92 Å². The van der Waals surface area contributed by atoms with Crippen LogP contribution in [0.1, 0.15) is 33.6 Å². The Kier molecular flexibility index (Phi) is 4.81. The minimum Gasteiger partial charge on any atom is -0.393 e. The number of aliphatic hydroxyl groups excluding tert-OH is 1. The van der Waals surface area contributed by atoms with Crippen LogP contribution in [0.5, 0.6) is 0 Å². The van der Waals surface area contributed by atoms with E-state index in [1.165, 1.54) is 17.2 Å². The number of amides is 1. The number of carbonyl (C=O) groups excluding carboxylic acids is 2. The van der Waals surface area contributed by atoms with Gasteiger partial charge in [0.25, 0.3) is 0 Å². The van der Waals surface area contributed by atoms with Crippen LogP contribution in [0.15, 0.2) is 12.3 Å². The lowest BCUT2D eigenvalue weighted by Crippen LogP contribution is -2.63. The summed E-state index contributed by atoms with van der Waals surface area (Å²) in [5.41, 5.74) is -0.664. The molecule has 1 N–H and O–H groups in total. The topological polar surface area (TPSA) is 70.1 Å². The highest BCUT2D eigenvalue weighted by Gasteiger charge is 2.43. The van der Waals surface area contributed by atoms with Crippen molar-refractivity contribution in [3.63, 3.8) is 0 Å². The van der Waals surface area contributed by atoms with Crippen LogP contribution in [0, 0.1) is 0 Å². The summed E-state index contributed by atoms with van der Waals surface area (Å²) in [7, 11) is 0. The molecule has 1 fully saturated rings. The first-order chi connectivity index (χ1) is 9.90. The number of allylic oxidation sites excluding steroid dienone is 1. The van der Waals surface area contributed by atoms with Crippen molar-refractivity contribution in [1.82, 2.24) is 9.80 Å². The Hall–Kier alpha value is -1.24. The molecule has 0 aromatic carbocycles. The SMILES string of the molecule is CC[C@@]1(CO)CN(C(C)C)C[C@H](N2C=CC(=O)CC2=O)O1. The zero-order chi connectivity index (χ0) is 15.6. The van der Waals surface area contributed by atoms with Gasteiger partial charge in [0, 0.05) is 25.3 Å². The fourth-order valence-electron chi connectivity index (χ4n) is 2.73. The van der Waals surface area contributed by atoms with Crippen LogP contribution in [-0.4, -0.2) is 64.2 Å². The maximum Gasteiger partial charge on any atom is 0.236 e. The lowest BCUT2D eigenvalue weighted by molar-refractivity contribution is -0.216. The minimum atomic E-state index is -0.664. The number of morpholine rings is 1. The molecule has 1 saturated heterocycles. The Morgan fingerprint density at radius 3 is 2.71 bits per heavy atom. The molecule has 21 heavy (non-hydrogen) atoms. The fourth-order valence-corrected chi connectivity index (χ4v) is 2.73. The Labute approximate surface area is 125 Å². The molecule has 2 heterocycles. The van der Waals surface area contributed by atoms with Crippen molar-refractivity contribution in [3.05, 3.63) is 12.3 Å². The third-order valence-electron chi connectivity index (χ3n) is 4.28. The lowest BCUT2D eigenvalue weighted by atomic mass is 9.97. The minimum absolute atomic E-state index is 0.0894. The summed E-state index contributed by atoms with van der Waals surface area (Å²) in [6, 6.07) is 0.291. The number of aliphatic hydroxyl groups is 1. The Morgan fingerprint density at radius 2 is 2.19 bits per heavy atom. The molecule has 0 aromatic rings. The zero-order valence-electron chi connectivity index (χ0n) is 12.9. The molecular weight excluding hydrogens is 272 g/mol. The van der Waals surface area contributed by atoms with Crippen molar-refractivity contribution in [1.29, 1.82) is 0 Å². The van der Waals surface area contributed by atoms with Gasteiger partial charge >= 0.3 is 0 Å². The molecule has 1 amide bonds. The molecule has 0 saturated carbocycles. The molecule has 2 atom stereocenters. The zero-order valence-corrected chi connectivity index (χ0v) is 12.9. The highest BCUT2D eigenvalue weighted by Crippen LogP contribution is 2.28. The first-order valence-corrected chi connectivity index (χ1v) is 7.45. The highest BCUT2D eigenvalue weighted by molar-refractivity contribution is 6.06. The number of hydrogen-bond acceptors (Lipinski definition) is 5. The van der Waals surface area contributed by atoms with Crippen molar-refractivity contribution in [2.75, 3.05) is 19.7 Å². The van der Waals surface area contributed by atoms with E-state index in [4.69, 9.17) is 4.74 Å². The summed E-state index contributed by atoms with van der Waals surface area (Å²) in [5, 5.41) is 9.74. The van der Waals surface area contributed by atoms with Gasteiger partial charge in [0.1, 0.15) is 11.8 Å². The first kappa shape index (κ1) is 16.1. The molecule has 0 bridgehead atoms. The van der Waals surface area contributed by atoms with Gasteiger partial charge in [-0.05, 0) is 26.3 Å². The van der Waals surface area contributed by atoms with Gasteiger partial charge < -0.3 is 9.84 Å². The molecule has 118 valence electrons. The number of carbonyl (C=O) groups is 2. The Bertz CT molecular complexity index is 443. The molecule has 6 heteroatoms. The van der Waals surface area contributed by atoms with E-state index >= 15 is 0 Å². The largest absolute Gasteiger partial charge is 0.393 e. The number of ketones is 1. The third kappa shape index (κ3) is 3.33. The van der Waals surface area contributed by atoms with Crippen LogP contribution in [-0.2, 0) is 14.3 Å². The molecule has 0 radical (unpaired) electrons. The van der Waals surface area contributed by atoms with Gasteiger partial charge in [-0.2, -0.15) is 0 Å². The van der Waals surface area contributed by atoms with Crippen molar-refractivity contribution < 1.29 is 19.4 Å². The Balaban J connectivity index is 2.23. The van der Waals surface area contributed by atoms with Crippen LogP contribution in [0.4, 0.5) is 0 Å². The van der Waals surface area contributed by atoms with Gasteiger partial charge in [0.15, 0.2) is 5.78 Å². The maximum absolute atomic E-state index is 12.1. The van der Waals surface area contributed by atoms with Gasteiger partial charge in [0.05, 0.1) is 13.0 Å². The number of rotatable bonds is 4. The van der Waals surface area contributed by atoms with Crippen LogP contribution >= 0.6 is 0 Å². The van der Waals surface area contributed by atoms with Gasteiger partial charge in [0.2, 0.25) is 5.91 Å². The van der Waals surface area contributed by atoms with Gasteiger partial charge in [-0.3, -0.25) is 19.4 Å². The molecule has 0 spiro atoms. The molecule has 0 aromatic heterocycles. The van der Waals surface area contributed by atoms with Crippen molar-refractivity contribution >= 4 is 11.7 Å². The van der Waals surface area contributed by atoms with Crippen molar-refractivity contribution in [3.8, 4) is 0 Å². The van der Waals surface area contributed by atoms with E-state index in [0.717, 1.165) is 0 Å². The van der Waals surface area contributed by atoms with Crippen LogP contribution < -0.4 is 0 Å². The smallest absolute Gasteiger partial charge is 0.236 e. The van der Waals surface area contributed by atoms with E-state index in [-0.39, 0.29) is 24.7 Å². The highest BCUT2D eigenvalue weighted by atomic mass is 16.5. The van der Waals surface area contributed by atoms with Crippen LogP contribution in [0.25, 0.3) is 0 Å². The summed E-state index contributed by atoms with van der Waals surface area (Å²) < 4.78 is 6.05. The van der Waals surface area contributed by atoms with E-state index in [2.05, 4.69) is 18.7 Å². The summed E-state index contributed by atoms with van der Waals surface area (Å²) in [4.78, 5) is 27.0. The maximum atomic E-state index is 12.1. The van der Waals surface area contributed by atoms with Crippen molar-refractivity contribution in [2.45, 2.75) is 51.5 Å². The van der Waals surface area contributed by atoms with E-state index in [0.29, 0.717) is 25.6 Å². The molecule has 2 aliphatic heterocycles. The summed E-state index contributed by atoms with van der Waals surface area (Å²) in [6.07, 6.45) is 2.99. The third-order valence-corrected chi connectivity index (χ3v) is 4.28. The summed E-state index contributed by atoms with van der Waals surface area (Å²) in [5.74, 6) is -0.433. The number of hydrogen-bond donors (Lipinski definition) is 1. The lowest BCUT2D eigenvalue weighted by Gasteiger charge is -2.49. The van der Waals surface area contributed by atoms with E-state index < -0.39 is 11.8 Å². The standard InChI is InChI=1S/C15H24N2O4/c1-4-15(10-18)9-16(11(2)3)8-14(21-15)17-6-5-12(19)7-13(17)20/h5-6,11,14,18H,4,7-10H2,1-3H3/t14-,15+/m1/s1. The monoisotopic (exact) mass is 296 g/mol. The average molecular weight is 296 g/mol. The molecule has 6 nitrogen and oxygen atoms in total. The van der Waals surface area contributed by atoms with E-state index in [9.17, 15) is 14.7 Å². The second-order valence-electron chi connectivity index (χ2n) is 6.05. The second-order valence-corrected chi connectivity index (χ2v) is 6.05. The molecule has 0 unspecified atom stereocenters. The predicted molar refractivity (Wildman–Crippen MR) is 77.3 cm³/mol. The van der Waals surface area contributed by atoms with Crippen LogP contribution in [0.3, 0.4) is 0 Å².